The van der Waals surface area contributed by atoms with Gasteiger partial charge in [-0.3, -0.25) is 0 Å². The van der Waals surface area contributed by atoms with Crippen LogP contribution in [0.2, 0.25) is 0 Å². The summed E-state index contributed by atoms with van der Waals surface area (Å²) in [5.41, 5.74) is -1.00. The molecule has 0 aliphatic heterocycles. The van der Waals surface area contributed by atoms with Crippen LogP contribution in [-0.2, 0) is 6.18 Å². The van der Waals surface area contributed by atoms with Gasteiger partial charge in [0, 0.05) is 18.6 Å². The molecule has 0 spiro atoms. The van der Waals surface area contributed by atoms with Crippen molar-refractivity contribution in [3.63, 3.8) is 0 Å². The van der Waals surface area contributed by atoms with Gasteiger partial charge in [0.05, 0.1) is 11.8 Å². The van der Waals surface area contributed by atoms with Gasteiger partial charge in [0.1, 0.15) is 6.07 Å². The van der Waals surface area contributed by atoms with E-state index in [1.54, 1.807) is 6.07 Å². The fourth-order valence-electron chi connectivity index (χ4n) is 1.16. The van der Waals surface area contributed by atoms with Crippen LogP contribution in [-0.4, -0.2) is 19.7 Å². The van der Waals surface area contributed by atoms with E-state index in [2.05, 4.69) is 15.1 Å². The van der Waals surface area contributed by atoms with E-state index in [9.17, 15) is 13.2 Å². The van der Waals surface area contributed by atoms with Gasteiger partial charge in [-0.1, -0.05) is 0 Å². The van der Waals surface area contributed by atoms with Gasteiger partial charge >= 0.3 is 6.18 Å². The molecule has 0 N–H and O–H groups in total. The summed E-state index contributed by atoms with van der Waals surface area (Å²) in [5.74, 6) is -0.0366. The van der Waals surface area contributed by atoms with Crippen molar-refractivity contribution in [2.45, 2.75) is 6.18 Å². The van der Waals surface area contributed by atoms with E-state index in [0.717, 1.165) is 10.9 Å². The molecule has 0 atom stereocenters. The maximum atomic E-state index is 12.3. The van der Waals surface area contributed by atoms with E-state index in [4.69, 9.17) is 5.26 Å². The second-order valence-corrected chi connectivity index (χ2v) is 3.01. The average molecular weight is 239 g/mol. The first-order valence-corrected chi connectivity index (χ1v) is 4.35. The van der Waals surface area contributed by atoms with Crippen LogP contribution in [0.3, 0.4) is 0 Å². The molecule has 0 amide bonds. The number of nitrogens with zero attached hydrogens (tertiary/aromatic N) is 5. The highest BCUT2D eigenvalue weighted by molar-refractivity contribution is 5.37. The quantitative estimate of drug-likeness (QED) is 0.757. The molecule has 0 aliphatic carbocycles. The second-order valence-electron chi connectivity index (χ2n) is 3.01. The fraction of sp³-hybridized carbons (Fsp3) is 0.111. The summed E-state index contributed by atoms with van der Waals surface area (Å²) < 4.78 is 37.9. The van der Waals surface area contributed by atoms with Gasteiger partial charge in [0.15, 0.2) is 11.5 Å². The smallest absolute Gasteiger partial charge is 0.240 e. The summed E-state index contributed by atoms with van der Waals surface area (Å²) in [4.78, 5) is 7.44. The van der Waals surface area contributed by atoms with Gasteiger partial charge in [-0.2, -0.15) is 23.5 Å². The average Bonchev–Trinajstić information content (AvgIpc) is 2.77. The van der Waals surface area contributed by atoms with Crippen LogP contribution >= 0.6 is 0 Å². The molecular formula is C9H4F3N5. The first-order chi connectivity index (χ1) is 8.02. The van der Waals surface area contributed by atoms with Crippen LogP contribution in [0.4, 0.5) is 13.2 Å². The number of hydrogen-bond donors (Lipinski definition) is 0. The number of aromatic nitrogens is 4. The standard InChI is InChI=1S/C9H4F3N5/c10-9(11,12)6-4-16-17(5-6)8-7(3-13)14-1-2-15-8/h1-2,4-5H. The molecular weight excluding hydrogens is 235 g/mol. The summed E-state index contributed by atoms with van der Waals surface area (Å²) >= 11 is 0. The summed E-state index contributed by atoms with van der Waals surface area (Å²) in [5, 5.41) is 12.2. The molecule has 0 aliphatic rings. The summed E-state index contributed by atoms with van der Waals surface area (Å²) in [6, 6.07) is 1.73. The lowest BCUT2D eigenvalue weighted by atomic mass is 10.3. The normalized spacial score (nSPS) is 11.2. The number of nitriles is 1. The van der Waals surface area contributed by atoms with E-state index in [1.165, 1.54) is 12.4 Å². The summed E-state index contributed by atoms with van der Waals surface area (Å²) in [6.07, 6.45) is -0.519. The maximum Gasteiger partial charge on any atom is 0.419 e. The Morgan fingerprint density at radius 2 is 1.94 bits per heavy atom. The number of alkyl halides is 3. The van der Waals surface area contributed by atoms with E-state index in [-0.39, 0.29) is 11.5 Å². The van der Waals surface area contributed by atoms with Crippen LogP contribution in [0.25, 0.3) is 5.82 Å². The van der Waals surface area contributed by atoms with E-state index in [1.807, 2.05) is 0 Å². The predicted octanol–water partition coefficient (Wildman–Crippen LogP) is 1.55. The molecule has 5 nitrogen and oxygen atoms in total. The molecule has 2 rings (SSSR count). The lowest BCUT2D eigenvalue weighted by molar-refractivity contribution is -0.137. The van der Waals surface area contributed by atoms with Crippen LogP contribution in [0.15, 0.2) is 24.8 Å². The lowest BCUT2D eigenvalue weighted by Gasteiger charge is -2.02. The van der Waals surface area contributed by atoms with Crippen LogP contribution in [0, 0.1) is 11.3 Å². The predicted molar refractivity (Wildman–Crippen MR) is 48.9 cm³/mol. The Balaban J connectivity index is 2.49. The third-order valence-electron chi connectivity index (χ3n) is 1.91. The Morgan fingerprint density at radius 3 is 2.53 bits per heavy atom. The zero-order valence-electron chi connectivity index (χ0n) is 8.18. The van der Waals surface area contributed by atoms with Crippen molar-refractivity contribution in [2.75, 3.05) is 0 Å². The van der Waals surface area contributed by atoms with Gasteiger partial charge in [-0.15, -0.1) is 0 Å². The van der Waals surface area contributed by atoms with Gasteiger partial charge in [0.25, 0.3) is 0 Å². The number of hydrogen-bond acceptors (Lipinski definition) is 4. The zero-order chi connectivity index (χ0) is 12.5. The maximum absolute atomic E-state index is 12.3. The Hall–Kier alpha value is -2.43. The Morgan fingerprint density at radius 1 is 1.24 bits per heavy atom. The summed E-state index contributed by atoms with van der Waals surface area (Å²) in [7, 11) is 0. The van der Waals surface area contributed by atoms with Gasteiger partial charge in [0.2, 0.25) is 0 Å². The molecule has 0 saturated carbocycles. The number of halogens is 3. The fourth-order valence-corrected chi connectivity index (χ4v) is 1.16. The molecule has 86 valence electrons. The molecule has 17 heavy (non-hydrogen) atoms. The minimum atomic E-state index is -4.48. The largest absolute Gasteiger partial charge is 0.419 e. The Kier molecular flexibility index (Phi) is 2.51. The van der Waals surface area contributed by atoms with Crippen molar-refractivity contribution in [2.24, 2.45) is 0 Å². The molecule has 0 radical (unpaired) electrons. The molecule has 0 aromatic carbocycles. The molecule has 2 aromatic heterocycles. The molecule has 2 heterocycles. The highest BCUT2D eigenvalue weighted by atomic mass is 19.4. The second kappa shape index (κ2) is 3.86. The first-order valence-electron chi connectivity index (χ1n) is 4.35. The third kappa shape index (κ3) is 2.08. The highest BCUT2D eigenvalue weighted by Crippen LogP contribution is 2.29. The molecule has 0 bridgehead atoms. The molecule has 0 fully saturated rings. The zero-order valence-corrected chi connectivity index (χ0v) is 8.18. The van der Waals surface area contributed by atoms with Crippen LogP contribution in [0.1, 0.15) is 11.3 Å². The Labute approximate surface area is 93.2 Å². The highest BCUT2D eigenvalue weighted by Gasteiger charge is 2.32. The monoisotopic (exact) mass is 239 g/mol. The minimum absolute atomic E-state index is 0.0366. The van der Waals surface area contributed by atoms with Gasteiger partial charge < -0.3 is 0 Å². The van der Waals surface area contributed by atoms with Crippen LogP contribution < -0.4 is 0 Å². The molecule has 8 heteroatoms. The van der Waals surface area contributed by atoms with E-state index in [0.29, 0.717) is 6.20 Å². The third-order valence-corrected chi connectivity index (χ3v) is 1.91. The van der Waals surface area contributed by atoms with Crippen molar-refractivity contribution in [3.05, 3.63) is 36.0 Å². The molecule has 0 saturated heterocycles. The molecule has 0 unspecified atom stereocenters. The van der Waals surface area contributed by atoms with E-state index >= 15 is 0 Å². The number of rotatable bonds is 1. The van der Waals surface area contributed by atoms with Gasteiger partial charge in [-0.05, 0) is 0 Å². The van der Waals surface area contributed by atoms with Crippen molar-refractivity contribution in [1.82, 2.24) is 19.7 Å². The van der Waals surface area contributed by atoms with Gasteiger partial charge in [-0.25, -0.2) is 14.6 Å². The SMILES string of the molecule is N#Cc1nccnc1-n1cc(C(F)(F)F)cn1. The molecule has 2 aromatic rings. The van der Waals surface area contributed by atoms with Crippen LogP contribution in [0.5, 0.6) is 0 Å². The lowest BCUT2D eigenvalue weighted by Crippen LogP contribution is -2.05. The first kappa shape index (κ1) is 11.1. The summed E-state index contributed by atoms with van der Waals surface area (Å²) in [6.45, 7) is 0. The van der Waals surface area contributed by atoms with Crippen molar-refractivity contribution in [3.8, 4) is 11.9 Å². The minimum Gasteiger partial charge on any atom is -0.240 e. The van der Waals surface area contributed by atoms with Crippen molar-refractivity contribution in [1.29, 1.82) is 5.26 Å². The topological polar surface area (TPSA) is 67.4 Å². The Bertz CT molecular complexity index is 581. The van der Waals surface area contributed by atoms with Crippen molar-refractivity contribution >= 4 is 0 Å². The van der Waals surface area contributed by atoms with Crippen molar-refractivity contribution < 1.29 is 13.2 Å². The van der Waals surface area contributed by atoms with E-state index < -0.39 is 11.7 Å².